The molecule has 2 rings (SSSR count). The summed E-state index contributed by atoms with van der Waals surface area (Å²) < 4.78 is 0. The molecule has 2 aromatic rings. The van der Waals surface area contributed by atoms with Crippen molar-refractivity contribution in [2.75, 3.05) is 5.32 Å². The van der Waals surface area contributed by atoms with Gasteiger partial charge in [0.1, 0.15) is 5.69 Å². The minimum Gasteiger partial charge on any atom is -0.373 e. The van der Waals surface area contributed by atoms with Crippen LogP contribution in [0.3, 0.4) is 0 Å². The molecule has 0 aromatic heterocycles. The Kier molecular flexibility index (Phi) is 3.96. The van der Waals surface area contributed by atoms with Crippen LogP contribution < -0.4 is 5.32 Å². The van der Waals surface area contributed by atoms with Crippen LogP contribution in [0.5, 0.6) is 0 Å². The van der Waals surface area contributed by atoms with E-state index < -0.39 is 4.92 Å². The van der Waals surface area contributed by atoms with Gasteiger partial charge in [0.15, 0.2) is 0 Å². The molecular formula is C15H13N3O2. The van der Waals surface area contributed by atoms with Gasteiger partial charge in [-0.25, -0.2) is 0 Å². The molecule has 0 unspecified atom stereocenters. The van der Waals surface area contributed by atoms with Gasteiger partial charge >= 0.3 is 0 Å². The van der Waals surface area contributed by atoms with Crippen LogP contribution in [0.25, 0.3) is 0 Å². The van der Waals surface area contributed by atoms with Crippen molar-refractivity contribution in [1.29, 1.82) is 5.26 Å². The Morgan fingerprint density at radius 2 is 1.95 bits per heavy atom. The first-order valence-electron chi connectivity index (χ1n) is 6.12. The molecule has 0 saturated carbocycles. The van der Waals surface area contributed by atoms with Gasteiger partial charge in [-0.3, -0.25) is 10.1 Å². The first kappa shape index (κ1) is 13.6. The van der Waals surface area contributed by atoms with Crippen LogP contribution in [-0.2, 0) is 0 Å². The van der Waals surface area contributed by atoms with E-state index in [0.29, 0.717) is 11.3 Å². The topological polar surface area (TPSA) is 79.0 Å². The Bertz CT molecular complexity index is 663. The minimum absolute atomic E-state index is 0.0354. The highest BCUT2D eigenvalue weighted by molar-refractivity contribution is 5.65. The summed E-state index contributed by atoms with van der Waals surface area (Å²) in [6, 6.07) is 15.8. The number of benzene rings is 2. The zero-order chi connectivity index (χ0) is 14.5. The lowest BCUT2D eigenvalue weighted by Gasteiger charge is -2.15. The second-order valence-corrected chi connectivity index (χ2v) is 4.38. The van der Waals surface area contributed by atoms with Gasteiger partial charge in [0.05, 0.1) is 16.6 Å². The van der Waals surface area contributed by atoms with Crippen molar-refractivity contribution in [2.45, 2.75) is 13.0 Å². The third-order valence-corrected chi connectivity index (χ3v) is 2.99. The summed E-state index contributed by atoms with van der Waals surface area (Å²) in [6.07, 6.45) is 0. The summed E-state index contributed by atoms with van der Waals surface area (Å²) in [6.45, 7) is 1.91. The number of anilines is 1. The number of nitrogens with one attached hydrogen (secondary N) is 1. The normalized spacial score (nSPS) is 11.4. The second kappa shape index (κ2) is 5.85. The molecule has 20 heavy (non-hydrogen) atoms. The quantitative estimate of drug-likeness (QED) is 0.677. The molecule has 0 fully saturated rings. The van der Waals surface area contributed by atoms with Gasteiger partial charge in [-0.15, -0.1) is 0 Å². The number of nitriles is 1. The molecule has 0 saturated heterocycles. The van der Waals surface area contributed by atoms with Crippen LogP contribution in [0.2, 0.25) is 0 Å². The number of nitrogens with zero attached hydrogens (tertiary/aromatic N) is 2. The van der Waals surface area contributed by atoms with Gasteiger partial charge < -0.3 is 5.32 Å². The van der Waals surface area contributed by atoms with Crippen LogP contribution in [-0.4, -0.2) is 4.92 Å². The maximum atomic E-state index is 11.0. The molecule has 0 bridgehead atoms. The van der Waals surface area contributed by atoms with E-state index in [0.717, 1.165) is 5.56 Å². The highest BCUT2D eigenvalue weighted by atomic mass is 16.6. The fourth-order valence-corrected chi connectivity index (χ4v) is 1.94. The third kappa shape index (κ3) is 2.93. The molecule has 1 atom stereocenters. The fourth-order valence-electron chi connectivity index (χ4n) is 1.94. The Balaban J connectivity index is 2.32. The lowest BCUT2D eigenvalue weighted by atomic mass is 10.1. The van der Waals surface area contributed by atoms with E-state index in [2.05, 4.69) is 5.32 Å². The van der Waals surface area contributed by atoms with Crippen molar-refractivity contribution in [2.24, 2.45) is 0 Å². The average Bonchev–Trinajstić information content (AvgIpc) is 2.47. The Morgan fingerprint density at radius 3 is 2.55 bits per heavy atom. The van der Waals surface area contributed by atoms with Crippen molar-refractivity contribution < 1.29 is 4.92 Å². The van der Waals surface area contributed by atoms with E-state index in [1.54, 1.807) is 0 Å². The number of hydrogen-bond acceptors (Lipinski definition) is 4. The molecule has 0 amide bonds. The zero-order valence-corrected chi connectivity index (χ0v) is 10.9. The van der Waals surface area contributed by atoms with Crippen molar-refractivity contribution in [3.63, 3.8) is 0 Å². The molecular weight excluding hydrogens is 254 g/mol. The molecule has 0 aliphatic carbocycles. The van der Waals surface area contributed by atoms with Crippen LogP contribution in [0.4, 0.5) is 11.4 Å². The van der Waals surface area contributed by atoms with E-state index in [1.807, 2.05) is 43.3 Å². The maximum absolute atomic E-state index is 11.0. The third-order valence-electron chi connectivity index (χ3n) is 2.99. The number of rotatable bonds is 4. The maximum Gasteiger partial charge on any atom is 0.292 e. The summed E-state index contributed by atoms with van der Waals surface area (Å²) in [7, 11) is 0. The van der Waals surface area contributed by atoms with E-state index in [-0.39, 0.29) is 11.7 Å². The summed E-state index contributed by atoms with van der Waals surface area (Å²) in [5.74, 6) is 0. The summed E-state index contributed by atoms with van der Waals surface area (Å²) in [4.78, 5) is 10.6. The van der Waals surface area contributed by atoms with E-state index >= 15 is 0 Å². The SMILES string of the molecule is C[C@H](Nc1cc(C#N)ccc1[N+](=O)[O-])c1ccccc1. The molecule has 2 aromatic carbocycles. The molecule has 0 radical (unpaired) electrons. The average molecular weight is 267 g/mol. The van der Waals surface area contributed by atoms with Crippen LogP contribution in [0, 0.1) is 21.4 Å². The van der Waals surface area contributed by atoms with Crippen molar-refractivity contribution >= 4 is 11.4 Å². The van der Waals surface area contributed by atoms with Gasteiger partial charge in [0.25, 0.3) is 5.69 Å². The highest BCUT2D eigenvalue weighted by Crippen LogP contribution is 2.29. The molecule has 1 N–H and O–H groups in total. The summed E-state index contributed by atoms with van der Waals surface area (Å²) in [5, 5.41) is 23.0. The molecule has 0 heterocycles. The van der Waals surface area contributed by atoms with E-state index in [1.165, 1.54) is 18.2 Å². The fraction of sp³-hybridized carbons (Fsp3) is 0.133. The Labute approximate surface area is 116 Å². The van der Waals surface area contributed by atoms with Gasteiger partial charge in [0.2, 0.25) is 0 Å². The first-order valence-corrected chi connectivity index (χ1v) is 6.12. The van der Waals surface area contributed by atoms with Crippen molar-refractivity contribution in [3.05, 3.63) is 69.8 Å². The van der Waals surface area contributed by atoms with Gasteiger partial charge in [-0.2, -0.15) is 5.26 Å². The van der Waals surface area contributed by atoms with Gasteiger partial charge in [0, 0.05) is 12.1 Å². The van der Waals surface area contributed by atoms with E-state index in [9.17, 15) is 10.1 Å². The largest absolute Gasteiger partial charge is 0.373 e. The van der Waals surface area contributed by atoms with Gasteiger partial charge in [-0.1, -0.05) is 30.3 Å². The number of nitro benzene ring substituents is 1. The minimum atomic E-state index is -0.457. The van der Waals surface area contributed by atoms with E-state index in [4.69, 9.17) is 5.26 Å². The summed E-state index contributed by atoms with van der Waals surface area (Å²) >= 11 is 0. The highest BCUT2D eigenvalue weighted by Gasteiger charge is 2.16. The molecule has 0 aliphatic heterocycles. The molecule has 5 heteroatoms. The molecule has 5 nitrogen and oxygen atoms in total. The predicted octanol–water partition coefficient (Wildman–Crippen LogP) is 3.64. The zero-order valence-electron chi connectivity index (χ0n) is 10.9. The smallest absolute Gasteiger partial charge is 0.292 e. The second-order valence-electron chi connectivity index (χ2n) is 4.38. The van der Waals surface area contributed by atoms with Crippen LogP contribution in [0.1, 0.15) is 24.1 Å². The van der Waals surface area contributed by atoms with Crippen LogP contribution >= 0.6 is 0 Å². The Morgan fingerprint density at radius 1 is 1.25 bits per heavy atom. The predicted molar refractivity (Wildman–Crippen MR) is 76.3 cm³/mol. The monoisotopic (exact) mass is 267 g/mol. The standard InChI is InChI=1S/C15H13N3O2/c1-11(13-5-3-2-4-6-13)17-14-9-12(10-16)7-8-15(14)18(19)20/h2-9,11,17H,1H3/t11-/m0/s1. The Hall–Kier alpha value is -2.87. The van der Waals surface area contributed by atoms with Crippen molar-refractivity contribution in [1.82, 2.24) is 0 Å². The van der Waals surface area contributed by atoms with Crippen molar-refractivity contribution in [3.8, 4) is 6.07 Å². The molecule has 0 spiro atoms. The van der Waals surface area contributed by atoms with Crippen LogP contribution in [0.15, 0.2) is 48.5 Å². The lowest BCUT2D eigenvalue weighted by Crippen LogP contribution is -2.08. The molecule has 100 valence electrons. The number of nitro groups is 1. The number of hydrogen-bond donors (Lipinski definition) is 1. The first-order chi connectivity index (χ1) is 9.61. The summed E-state index contributed by atoms with van der Waals surface area (Å²) in [5.41, 5.74) is 1.72. The van der Waals surface area contributed by atoms with Gasteiger partial charge in [-0.05, 0) is 24.6 Å². The molecule has 0 aliphatic rings. The lowest BCUT2D eigenvalue weighted by molar-refractivity contribution is -0.384.